The van der Waals surface area contributed by atoms with Gasteiger partial charge in [-0.2, -0.15) is 0 Å². The van der Waals surface area contributed by atoms with Gasteiger partial charge in [0.1, 0.15) is 0 Å². The molecule has 0 aromatic heterocycles. The van der Waals surface area contributed by atoms with Crippen LogP contribution in [-0.4, -0.2) is 24.7 Å². The smallest absolute Gasteiger partial charge is 0.319 e. The third-order valence-electron chi connectivity index (χ3n) is 3.26. The van der Waals surface area contributed by atoms with Gasteiger partial charge < -0.3 is 16.0 Å². The maximum absolute atomic E-state index is 11.9. The molecule has 0 saturated carbocycles. The summed E-state index contributed by atoms with van der Waals surface area (Å²) in [7, 11) is 0. The molecule has 1 saturated heterocycles. The van der Waals surface area contributed by atoms with E-state index in [1.54, 1.807) is 18.2 Å². The molecule has 1 aliphatic rings. The fourth-order valence-corrected chi connectivity index (χ4v) is 2.45. The second-order valence-electron chi connectivity index (χ2n) is 4.72. The molecule has 3 N–H and O–H groups in total. The summed E-state index contributed by atoms with van der Waals surface area (Å²) < 4.78 is 0. The minimum atomic E-state index is -0.223. The Bertz CT molecular complexity index is 467. The van der Waals surface area contributed by atoms with Crippen LogP contribution in [0.3, 0.4) is 0 Å². The number of piperidine rings is 1. The number of amides is 2. The van der Waals surface area contributed by atoms with Crippen LogP contribution < -0.4 is 16.0 Å². The monoisotopic (exact) mass is 301 g/mol. The Morgan fingerprint density at radius 2 is 2.16 bits per heavy atom. The number of urea groups is 1. The Labute approximate surface area is 122 Å². The third kappa shape index (κ3) is 4.00. The van der Waals surface area contributed by atoms with Crippen molar-refractivity contribution in [2.24, 2.45) is 0 Å². The molecule has 6 heteroatoms. The summed E-state index contributed by atoms with van der Waals surface area (Å²) in [6, 6.07) is 5.22. The van der Waals surface area contributed by atoms with Gasteiger partial charge in [-0.15, -0.1) is 0 Å². The van der Waals surface area contributed by atoms with Gasteiger partial charge in [-0.3, -0.25) is 0 Å². The number of anilines is 1. The first kappa shape index (κ1) is 14.4. The minimum Gasteiger partial charge on any atom is -0.334 e. The zero-order valence-electron chi connectivity index (χ0n) is 10.7. The number of nitrogens with one attached hydrogen (secondary N) is 3. The average Bonchev–Trinajstić information content (AvgIpc) is 2.37. The molecule has 4 nitrogen and oxygen atoms in total. The summed E-state index contributed by atoms with van der Waals surface area (Å²) >= 11 is 11.7. The van der Waals surface area contributed by atoms with Crippen molar-refractivity contribution in [3.05, 3.63) is 28.2 Å². The summed E-state index contributed by atoms with van der Waals surface area (Å²) in [6.45, 7) is 3.08. The van der Waals surface area contributed by atoms with Crippen molar-refractivity contribution in [1.82, 2.24) is 10.6 Å². The number of halogens is 2. The lowest BCUT2D eigenvalue weighted by Gasteiger charge is -2.30. The highest BCUT2D eigenvalue weighted by Crippen LogP contribution is 2.24. The number of rotatable bonds is 2. The van der Waals surface area contributed by atoms with Gasteiger partial charge in [-0.1, -0.05) is 23.2 Å². The van der Waals surface area contributed by atoms with E-state index >= 15 is 0 Å². The number of benzene rings is 1. The molecule has 1 aromatic carbocycles. The molecular formula is C13H17Cl2N3O. The van der Waals surface area contributed by atoms with Crippen LogP contribution in [0.15, 0.2) is 18.2 Å². The fourth-order valence-electron chi connectivity index (χ4n) is 2.15. The van der Waals surface area contributed by atoms with Crippen LogP contribution in [0.1, 0.15) is 19.8 Å². The van der Waals surface area contributed by atoms with Gasteiger partial charge in [0.05, 0.1) is 10.0 Å². The Kier molecular flexibility index (Phi) is 4.91. The lowest BCUT2D eigenvalue weighted by atomic mass is 10.0. The lowest BCUT2D eigenvalue weighted by Crippen LogP contribution is -2.52. The van der Waals surface area contributed by atoms with Crippen LogP contribution in [0.4, 0.5) is 10.5 Å². The Morgan fingerprint density at radius 1 is 1.37 bits per heavy atom. The fraction of sp³-hybridized carbons (Fsp3) is 0.462. The average molecular weight is 302 g/mol. The van der Waals surface area contributed by atoms with E-state index in [1.807, 2.05) is 0 Å². The molecule has 0 spiro atoms. The molecule has 1 aliphatic heterocycles. The highest BCUT2D eigenvalue weighted by molar-refractivity contribution is 6.42. The second-order valence-corrected chi connectivity index (χ2v) is 5.53. The highest BCUT2D eigenvalue weighted by Gasteiger charge is 2.22. The predicted octanol–water partition coefficient (Wildman–Crippen LogP) is 3.26. The van der Waals surface area contributed by atoms with Crippen molar-refractivity contribution in [2.45, 2.75) is 31.8 Å². The van der Waals surface area contributed by atoms with E-state index in [2.05, 4.69) is 22.9 Å². The van der Waals surface area contributed by atoms with Gasteiger partial charge in [0, 0.05) is 17.8 Å². The van der Waals surface area contributed by atoms with Gasteiger partial charge >= 0.3 is 6.03 Å². The van der Waals surface area contributed by atoms with Gasteiger partial charge in [0.2, 0.25) is 0 Å². The van der Waals surface area contributed by atoms with E-state index in [0.29, 0.717) is 15.7 Å². The molecule has 2 atom stereocenters. The molecule has 104 valence electrons. The molecule has 0 bridgehead atoms. The van der Waals surface area contributed by atoms with E-state index in [-0.39, 0.29) is 18.1 Å². The molecule has 0 radical (unpaired) electrons. The van der Waals surface area contributed by atoms with Crippen LogP contribution >= 0.6 is 23.2 Å². The van der Waals surface area contributed by atoms with Gasteiger partial charge in [-0.05, 0) is 44.5 Å². The number of carbonyl (C=O) groups excluding carboxylic acids is 1. The minimum absolute atomic E-state index is 0.150. The third-order valence-corrected chi connectivity index (χ3v) is 3.99. The SMILES string of the molecule is CC1NCCCC1NC(=O)Nc1ccc(Cl)c(Cl)c1. The topological polar surface area (TPSA) is 53.2 Å². The molecule has 0 aliphatic carbocycles. The van der Waals surface area contributed by atoms with Crippen LogP contribution in [-0.2, 0) is 0 Å². The first-order valence-electron chi connectivity index (χ1n) is 6.32. The molecule has 2 rings (SSSR count). The van der Waals surface area contributed by atoms with Gasteiger partial charge in [0.15, 0.2) is 0 Å². The van der Waals surface area contributed by atoms with Gasteiger partial charge in [-0.25, -0.2) is 4.79 Å². The van der Waals surface area contributed by atoms with Gasteiger partial charge in [0.25, 0.3) is 0 Å². The van der Waals surface area contributed by atoms with Crippen LogP contribution in [0.5, 0.6) is 0 Å². The van der Waals surface area contributed by atoms with Crippen LogP contribution in [0, 0.1) is 0 Å². The van der Waals surface area contributed by atoms with E-state index in [1.165, 1.54) is 0 Å². The van der Waals surface area contributed by atoms with E-state index in [4.69, 9.17) is 23.2 Å². The maximum Gasteiger partial charge on any atom is 0.319 e. The summed E-state index contributed by atoms with van der Waals surface area (Å²) in [4.78, 5) is 11.9. The summed E-state index contributed by atoms with van der Waals surface area (Å²) in [5.41, 5.74) is 0.628. The number of carbonyl (C=O) groups is 1. The van der Waals surface area contributed by atoms with Crippen LogP contribution in [0.25, 0.3) is 0 Å². The Morgan fingerprint density at radius 3 is 2.84 bits per heavy atom. The van der Waals surface area contributed by atoms with Crippen LogP contribution in [0.2, 0.25) is 10.0 Å². The quantitative estimate of drug-likeness (QED) is 0.785. The number of hydrogen-bond donors (Lipinski definition) is 3. The maximum atomic E-state index is 11.9. The molecule has 2 amide bonds. The standard InChI is InChI=1S/C13H17Cl2N3O/c1-8-12(3-2-6-16-8)18-13(19)17-9-4-5-10(14)11(15)7-9/h4-5,7-8,12,16H,2-3,6H2,1H3,(H2,17,18,19). The molecule has 19 heavy (non-hydrogen) atoms. The highest BCUT2D eigenvalue weighted by atomic mass is 35.5. The molecule has 1 fully saturated rings. The molecule has 2 unspecified atom stereocenters. The van der Waals surface area contributed by atoms with Crippen molar-refractivity contribution in [1.29, 1.82) is 0 Å². The lowest BCUT2D eigenvalue weighted by molar-refractivity contribution is 0.239. The number of hydrogen-bond acceptors (Lipinski definition) is 2. The van der Waals surface area contributed by atoms with Crippen molar-refractivity contribution in [2.75, 3.05) is 11.9 Å². The zero-order chi connectivity index (χ0) is 13.8. The summed E-state index contributed by atoms with van der Waals surface area (Å²) in [5, 5.41) is 9.95. The zero-order valence-corrected chi connectivity index (χ0v) is 12.2. The van der Waals surface area contributed by atoms with E-state index in [9.17, 15) is 4.79 Å². The summed E-state index contributed by atoms with van der Waals surface area (Å²) in [5.74, 6) is 0. The van der Waals surface area contributed by atoms with Crippen molar-refractivity contribution in [3.63, 3.8) is 0 Å². The van der Waals surface area contributed by atoms with Crippen molar-refractivity contribution < 1.29 is 4.79 Å². The Hall–Kier alpha value is -0.970. The predicted molar refractivity (Wildman–Crippen MR) is 79.1 cm³/mol. The normalized spacial score (nSPS) is 22.9. The largest absolute Gasteiger partial charge is 0.334 e. The summed E-state index contributed by atoms with van der Waals surface area (Å²) in [6.07, 6.45) is 2.06. The molecule has 1 aromatic rings. The van der Waals surface area contributed by atoms with E-state index < -0.39 is 0 Å². The molecule has 1 heterocycles. The second kappa shape index (κ2) is 6.46. The van der Waals surface area contributed by atoms with Crippen molar-refractivity contribution in [3.8, 4) is 0 Å². The molecular weight excluding hydrogens is 285 g/mol. The Balaban J connectivity index is 1.91. The van der Waals surface area contributed by atoms with Crippen molar-refractivity contribution >= 4 is 34.9 Å². The first-order valence-corrected chi connectivity index (χ1v) is 7.08. The van der Waals surface area contributed by atoms with E-state index in [0.717, 1.165) is 19.4 Å². The first-order chi connectivity index (χ1) is 9.06.